The summed E-state index contributed by atoms with van der Waals surface area (Å²) in [5.41, 5.74) is 2.42. The van der Waals surface area contributed by atoms with Crippen LogP contribution in [0.4, 0.5) is 5.69 Å². The number of benzene rings is 4. The van der Waals surface area contributed by atoms with Crippen molar-refractivity contribution in [3.05, 3.63) is 128 Å². The van der Waals surface area contributed by atoms with Crippen molar-refractivity contribution in [2.24, 2.45) is 5.92 Å². The molecule has 0 fully saturated rings. The maximum atomic E-state index is 14.6. The maximum absolute atomic E-state index is 14.6. The number of hydrogen-bond donors (Lipinski definition) is 1. The molecule has 12 heteroatoms. The Bertz CT molecular complexity index is 1820. The first-order chi connectivity index (χ1) is 22.3. The molecule has 0 aliphatic rings. The quantitative estimate of drug-likeness (QED) is 0.150. The molecule has 0 heterocycles. The molecule has 7 nitrogen and oxygen atoms in total. The molecular formula is C35H35Cl4N3O4S. The van der Waals surface area contributed by atoms with Crippen molar-refractivity contribution in [1.82, 2.24) is 10.2 Å². The van der Waals surface area contributed by atoms with Gasteiger partial charge in [-0.2, -0.15) is 0 Å². The molecular weight excluding hydrogens is 700 g/mol. The zero-order valence-corrected chi connectivity index (χ0v) is 29.9. The fourth-order valence-corrected chi connectivity index (χ4v) is 6.84. The van der Waals surface area contributed by atoms with Gasteiger partial charge in [-0.25, -0.2) is 8.42 Å². The Morgan fingerprint density at radius 2 is 1.38 bits per heavy atom. The van der Waals surface area contributed by atoms with Crippen LogP contribution >= 0.6 is 46.4 Å². The Morgan fingerprint density at radius 1 is 0.766 bits per heavy atom. The van der Waals surface area contributed by atoms with Crippen LogP contribution in [0.3, 0.4) is 0 Å². The zero-order valence-electron chi connectivity index (χ0n) is 26.1. The number of carbonyl (C=O) groups excluding carboxylic acids is 2. The average Bonchev–Trinajstić information content (AvgIpc) is 3.04. The molecule has 4 rings (SSSR count). The van der Waals surface area contributed by atoms with Gasteiger partial charge in [-0.15, -0.1) is 0 Å². The van der Waals surface area contributed by atoms with Crippen LogP contribution in [0.15, 0.2) is 95.9 Å². The summed E-state index contributed by atoms with van der Waals surface area (Å²) in [5, 5.41) is 3.91. The Morgan fingerprint density at radius 3 is 1.98 bits per heavy atom. The lowest BCUT2D eigenvalue weighted by Gasteiger charge is -2.34. The lowest BCUT2D eigenvalue weighted by Crippen LogP contribution is -2.53. The summed E-state index contributed by atoms with van der Waals surface area (Å²) in [6.45, 7) is 5.47. The third-order valence-electron chi connectivity index (χ3n) is 7.37. The largest absolute Gasteiger partial charge is 0.354 e. The van der Waals surface area contributed by atoms with E-state index >= 15 is 0 Å². The number of amides is 2. The number of hydrogen-bond acceptors (Lipinski definition) is 4. The Labute approximate surface area is 296 Å². The highest BCUT2D eigenvalue weighted by Gasteiger charge is 2.35. The first kappa shape index (κ1) is 36.6. The van der Waals surface area contributed by atoms with Gasteiger partial charge >= 0.3 is 0 Å². The summed E-state index contributed by atoms with van der Waals surface area (Å²) in [6, 6.07) is 23.9. The van der Waals surface area contributed by atoms with E-state index in [0.29, 0.717) is 17.1 Å². The standard InChI is InChI=1S/C35H35Cl4N3O4S/c1-23(2)20-40-35(44)33(18-25-7-5-4-6-8-25)41(21-26-11-15-29(36)31(38)17-26)34(43)22-42(27-12-16-30(37)32(39)19-27)47(45,46)28-13-9-24(3)10-14-28/h4-17,19,23,33H,18,20-22H2,1-3H3,(H,40,44). The Kier molecular flexibility index (Phi) is 12.6. The van der Waals surface area contributed by atoms with Gasteiger partial charge in [0.1, 0.15) is 12.6 Å². The second-order valence-electron chi connectivity index (χ2n) is 11.5. The Balaban J connectivity index is 1.83. The number of nitrogens with one attached hydrogen (secondary N) is 1. The van der Waals surface area contributed by atoms with Gasteiger partial charge in [0.15, 0.2) is 0 Å². The molecule has 0 spiro atoms. The minimum Gasteiger partial charge on any atom is -0.354 e. The first-order valence-corrected chi connectivity index (χ1v) is 17.8. The van der Waals surface area contributed by atoms with Gasteiger partial charge in [0.25, 0.3) is 10.0 Å². The Hall–Kier alpha value is -3.27. The van der Waals surface area contributed by atoms with Crippen molar-refractivity contribution in [1.29, 1.82) is 0 Å². The summed E-state index contributed by atoms with van der Waals surface area (Å²) >= 11 is 25.0. The summed E-state index contributed by atoms with van der Waals surface area (Å²) in [4.78, 5) is 29.8. The first-order valence-electron chi connectivity index (χ1n) is 14.9. The molecule has 0 aliphatic heterocycles. The van der Waals surface area contributed by atoms with Crippen LogP contribution in [-0.4, -0.2) is 44.3 Å². The molecule has 1 atom stereocenters. The summed E-state index contributed by atoms with van der Waals surface area (Å²) in [5.74, 6) is -0.850. The summed E-state index contributed by atoms with van der Waals surface area (Å²) in [7, 11) is -4.30. The van der Waals surface area contributed by atoms with E-state index in [1.807, 2.05) is 51.1 Å². The van der Waals surface area contributed by atoms with Crippen LogP contribution in [0.1, 0.15) is 30.5 Å². The molecule has 0 aromatic heterocycles. The number of aryl methyl sites for hydroxylation is 1. The number of carbonyl (C=O) groups is 2. The van der Waals surface area contributed by atoms with E-state index in [-0.39, 0.29) is 50.4 Å². The molecule has 248 valence electrons. The van der Waals surface area contributed by atoms with Crippen LogP contribution in [0.2, 0.25) is 20.1 Å². The molecule has 0 saturated carbocycles. The molecule has 4 aromatic rings. The average molecular weight is 736 g/mol. The molecule has 2 amide bonds. The smallest absolute Gasteiger partial charge is 0.264 e. The van der Waals surface area contributed by atoms with Gasteiger partial charge in [0.05, 0.1) is 30.7 Å². The molecule has 47 heavy (non-hydrogen) atoms. The van der Waals surface area contributed by atoms with Crippen LogP contribution in [0.5, 0.6) is 0 Å². The van der Waals surface area contributed by atoms with E-state index in [4.69, 9.17) is 46.4 Å². The maximum Gasteiger partial charge on any atom is 0.264 e. The van der Waals surface area contributed by atoms with E-state index < -0.39 is 28.5 Å². The van der Waals surface area contributed by atoms with Crippen molar-refractivity contribution in [2.75, 3.05) is 17.4 Å². The van der Waals surface area contributed by atoms with Gasteiger partial charge in [-0.3, -0.25) is 13.9 Å². The van der Waals surface area contributed by atoms with E-state index in [9.17, 15) is 18.0 Å². The lowest BCUT2D eigenvalue weighted by atomic mass is 10.0. The van der Waals surface area contributed by atoms with Gasteiger partial charge in [0.2, 0.25) is 11.8 Å². The van der Waals surface area contributed by atoms with Crippen molar-refractivity contribution in [3.63, 3.8) is 0 Å². The second kappa shape index (κ2) is 16.2. The molecule has 0 aliphatic carbocycles. The summed E-state index contributed by atoms with van der Waals surface area (Å²) < 4.78 is 29.3. The van der Waals surface area contributed by atoms with Crippen LogP contribution < -0.4 is 9.62 Å². The number of nitrogens with zero attached hydrogens (tertiary/aromatic N) is 2. The predicted molar refractivity (Wildman–Crippen MR) is 191 cm³/mol. The van der Waals surface area contributed by atoms with Crippen molar-refractivity contribution in [2.45, 2.75) is 44.7 Å². The highest BCUT2D eigenvalue weighted by molar-refractivity contribution is 7.92. The third kappa shape index (κ3) is 9.64. The van der Waals surface area contributed by atoms with Gasteiger partial charge in [-0.05, 0) is 66.4 Å². The molecule has 0 bridgehead atoms. The topological polar surface area (TPSA) is 86.8 Å². The molecule has 0 radical (unpaired) electrons. The fraction of sp³-hybridized carbons (Fsp3) is 0.257. The molecule has 4 aromatic carbocycles. The third-order valence-corrected chi connectivity index (χ3v) is 10.6. The van der Waals surface area contributed by atoms with Crippen molar-refractivity contribution >= 4 is 73.9 Å². The minimum atomic E-state index is -4.30. The minimum absolute atomic E-state index is 0.0199. The van der Waals surface area contributed by atoms with Crippen LogP contribution in [0, 0.1) is 12.8 Å². The highest BCUT2D eigenvalue weighted by atomic mass is 35.5. The van der Waals surface area contributed by atoms with Gasteiger partial charge in [-0.1, -0.05) is 114 Å². The van der Waals surface area contributed by atoms with Crippen molar-refractivity contribution < 1.29 is 18.0 Å². The number of halogens is 4. The highest BCUT2D eigenvalue weighted by Crippen LogP contribution is 2.31. The zero-order chi connectivity index (χ0) is 34.3. The van der Waals surface area contributed by atoms with Gasteiger partial charge in [0, 0.05) is 19.5 Å². The van der Waals surface area contributed by atoms with E-state index in [1.54, 1.807) is 30.3 Å². The molecule has 0 saturated heterocycles. The second-order valence-corrected chi connectivity index (χ2v) is 15.0. The van der Waals surface area contributed by atoms with Crippen LogP contribution in [-0.2, 0) is 32.6 Å². The van der Waals surface area contributed by atoms with E-state index in [0.717, 1.165) is 15.4 Å². The fourth-order valence-electron chi connectivity index (χ4n) is 4.82. The summed E-state index contributed by atoms with van der Waals surface area (Å²) in [6.07, 6.45) is 0.176. The van der Waals surface area contributed by atoms with Crippen molar-refractivity contribution in [3.8, 4) is 0 Å². The number of rotatable bonds is 13. The number of sulfonamides is 1. The molecule has 1 N–H and O–H groups in total. The van der Waals surface area contributed by atoms with E-state index in [1.165, 1.54) is 35.2 Å². The monoisotopic (exact) mass is 733 g/mol. The lowest BCUT2D eigenvalue weighted by molar-refractivity contribution is -0.140. The normalized spacial score (nSPS) is 12.1. The number of anilines is 1. The van der Waals surface area contributed by atoms with Gasteiger partial charge < -0.3 is 10.2 Å². The van der Waals surface area contributed by atoms with E-state index in [2.05, 4.69) is 5.32 Å². The predicted octanol–water partition coefficient (Wildman–Crippen LogP) is 8.22. The SMILES string of the molecule is Cc1ccc(S(=O)(=O)N(CC(=O)N(Cc2ccc(Cl)c(Cl)c2)C(Cc2ccccc2)C(=O)NCC(C)C)c2ccc(Cl)c(Cl)c2)cc1. The van der Waals surface area contributed by atoms with Crippen LogP contribution in [0.25, 0.3) is 0 Å². The molecule has 1 unspecified atom stereocenters.